The van der Waals surface area contributed by atoms with Gasteiger partial charge < -0.3 is 9.80 Å². The molecule has 0 radical (unpaired) electrons. The number of aromatic amines is 1. The summed E-state index contributed by atoms with van der Waals surface area (Å²) in [4.78, 5) is 13.0. The van der Waals surface area contributed by atoms with Gasteiger partial charge in [0.1, 0.15) is 5.82 Å². The van der Waals surface area contributed by atoms with Crippen molar-refractivity contribution in [3.8, 4) is 0 Å². The Hall–Kier alpha value is -1.40. The summed E-state index contributed by atoms with van der Waals surface area (Å²) in [6.45, 7) is 0.924. The number of nitrogens with zero attached hydrogens (tertiary/aromatic N) is 5. The summed E-state index contributed by atoms with van der Waals surface area (Å²) in [6.07, 6.45) is 5.48. The second-order valence-electron chi connectivity index (χ2n) is 5.78. The lowest BCUT2D eigenvalue weighted by Gasteiger charge is -2.49. The molecule has 0 amide bonds. The zero-order valence-corrected chi connectivity index (χ0v) is 12.8. The van der Waals surface area contributed by atoms with Crippen molar-refractivity contribution >= 4 is 28.5 Å². The Labute approximate surface area is 123 Å². The van der Waals surface area contributed by atoms with Gasteiger partial charge in [-0.15, -0.1) is 0 Å². The Morgan fingerprint density at radius 3 is 2.65 bits per heavy atom. The number of nitrogens with one attached hydrogen (secondary N) is 1. The minimum absolute atomic E-state index is 0.238. The van der Waals surface area contributed by atoms with E-state index in [-0.39, 0.29) is 10.8 Å². The van der Waals surface area contributed by atoms with Crippen LogP contribution in [0.5, 0.6) is 0 Å². The van der Waals surface area contributed by atoms with Crippen LogP contribution < -0.4 is 4.90 Å². The molecule has 1 saturated carbocycles. The summed E-state index contributed by atoms with van der Waals surface area (Å²) >= 11 is 6.00. The molecule has 3 rings (SSSR count). The molecular weight excluding hydrogens is 276 g/mol. The van der Waals surface area contributed by atoms with Gasteiger partial charge in [-0.25, -0.2) is 0 Å². The van der Waals surface area contributed by atoms with Crippen molar-refractivity contribution in [2.24, 2.45) is 0 Å². The maximum atomic E-state index is 6.00. The van der Waals surface area contributed by atoms with Crippen molar-refractivity contribution < 1.29 is 0 Å². The van der Waals surface area contributed by atoms with Gasteiger partial charge in [0, 0.05) is 19.1 Å². The van der Waals surface area contributed by atoms with Crippen LogP contribution in [0.15, 0.2) is 6.20 Å². The van der Waals surface area contributed by atoms with E-state index in [9.17, 15) is 0 Å². The van der Waals surface area contributed by atoms with Crippen molar-refractivity contribution in [3.63, 3.8) is 0 Å². The van der Waals surface area contributed by atoms with E-state index in [2.05, 4.69) is 51.1 Å². The predicted octanol–water partition coefficient (Wildman–Crippen LogP) is 1.93. The molecule has 0 spiro atoms. The Balaban J connectivity index is 1.92. The SMILES string of the molecule is CN(CC1(N(C)C)CCC1)c1nc(Cl)nc2[nH]ncc12. The fourth-order valence-electron chi connectivity index (χ4n) is 2.93. The van der Waals surface area contributed by atoms with E-state index < -0.39 is 0 Å². The lowest BCUT2D eigenvalue weighted by Crippen LogP contribution is -2.56. The smallest absolute Gasteiger partial charge is 0.226 e. The Bertz CT molecular complexity index is 618. The minimum atomic E-state index is 0.238. The largest absolute Gasteiger partial charge is 0.357 e. The van der Waals surface area contributed by atoms with Gasteiger partial charge in [0.15, 0.2) is 5.65 Å². The highest BCUT2D eigenvalue weighted by Crippen LogP contribution is 2.38. The van der Waals surface area contributed by atoms with Crippen LogP contribution in [0.25, 0.3) is 11.0 Å². The lowest BCUT2D eigenvalue weighted by atomic mass is 9.75. The molecule has 0 unspecified atom stereocenters. The van der Waals surface area contributed by atoms with Gasteiger partial charge in [-0.05, 0) is 45.0 Å². The van der Waals surface area contributed by atoms with Crippen LogP contribution in [-0.4, -0.2) is 58.3 Å². The second-order valence-corrected chi connectivity index (χ2v) is 6.11. The molecule has 20 heavy (non-hydrogen) atoms. The molecule has 0 atom stereocenters. The average molecular weight is 295 g/mol. The van der Waals surface area contributed by atoms with Crippen molar-refractivity contribution in [3.05, 3.63) is 11.5 Å². The number of halogens is 1. The third-order valence-corrected chi connectivity index (χ3v) is 4.56. The molecule has 0 aromatic carbocycles. The number of H-pyrrole nitrogens is 1. The van der Waals surface area contributed by atoms with Crippen molar-refractivity contribution in [1.82, 2.24) is 25.1 Å². The Morgan fingerprint density at radius 2 is 2.05 bits per heavy atom. The molecule has 108 valence electrons. The minimum Gasteiger partial charge on any atom is -0.357 e. The standard InChI is InChI=1S/C13H19ClN6/c1-19(2)13(5-4-6-13)8-20(3)11-9-7-15-18-10(9)16-12(14)17-11/h7H,4-6,8H2,1-3H3,(H,15,16,17,18). The van der Waals surface area contributed by atoms with Gasteiger partial charge in [-0.2, -0.15) is 15.1 Å². The molecule has 7 heteroatoms. The van der Waals surface area contributed by atoms with Crippen LogP contribution in [-0.2, 0) is 0 Å². The molecule has 6 nitrogen and oxygen atoms in total. The maximum Gasteiger partial charge on any atom is 0.226 e. The molecule has 0 aliphatic heterocycles. The molecular formula is C13H19ClN6. The van der Waals surface area contributed by atoms with Crippen LogP contribution in [0.4, 0.5) is 5.82 Å². The zero-order chi connectivity index (χ0) is 14.3. The van der Waals surface area contributed by atoms with Crippen molar-refractivity contribution in [2.45, 2.75) is 24.8 Å². The summed E-state index contributed by atoms with van der Waals surface area (Å²) in [5.74, 6) is 0.835. The van der Waals surface area contributed by atoms with E-state index in [1.165, 1.54) is 19.3 Å². The van der Waals surface area contributed by atoms with E-state index in [1.54, 1.807) is 6.20 Å². The van der Waals surface area contributed by atoms with Gasteiger partial charge in [0.25, 0.3) is 0 Å². The van der Waals surface area contributed by atoms with Gasteiger partial charge in [0.05, 0.1) is 11.6 Å². The van der Waals surface area contributed by atoms with Crippen LogP contribution in [0.1, 0.15) is 19.3 Å². The Kier molecular flexibility index (Phi) is 3.30. The number of hydrogen-bond donors (Lipinski definition) is 1. The maximum absolute atomic E-state index is 6.00. The summed E-state index contributed by atoms with van der Waals surface area (Å²) in [6, 6.07) is 0. The first-order valence-corrected chi connectivity index (χ1v) is 7.15. The van der Waals surface area contributed by atoms with E-state index in [4.69, 9.17) is 11.6 Å². The lowest BCUT2D eigenvalue weighted by molar-refractivity contribution is 0.0682. The van der Waals surface area contributed by atoms with E-state index in [1.807, 2.05) is 0 Å². The summed E-state index contributed by atoms with van der Waals surface area (Å²) in [5.41, 5.74) is 0.918. The molecule has 0 bridgehead atoms. The van der Waals surface area contributed by atoms with Gasteiger partial charge >= 0.3 is 0 Å². The third kappa shape index (κ3) is 2.13. The normalized spacial score (nSPS) is 17.4. The monoisotopic (exact) mass is 294 g/mol. The third-order valence-electron chi connectivity index (χ3n) is 4.39. The van der Waals surface area contributed by atoms with E-state index in [0.717, 1.165) is 17.7 Å². The summed E-state index contributed by atoms with van der Waals surface area (Å²) < 4.78 is 0. The van der Waals surface area contributed by atoms with E-state index in [0.29, 0.717) is 5.65 Å². The van der Waals surface area contributed by atoms with Gasteiger partial charge in [-0.3, -0.25) is 5.10 Å². The molecule has 1 aliphatic rings. The number of likely N-dealkylation sites (N-methyl/N-ethyl adjacent to an activating group) is 2. The first kappa shape index (κ1) is 13.6. The zero-order valence-electron chi connectivity index (χ0n) is 12.0. The number of aromatic nitrogens is 4. The van der Waals surface area contributed by atoms with Crippen LogP contribution >= 0.6 is 11.6 Å². The van der Waals surface area contributed by atoms with E-state index >= 15 is 0 Å². The van der Waals surface area contributed by atoms with Gasteiger partial charge in [0.2, 0.25) is 5.28 Å². The molecule has 2 heterocycles. The molecule has 2 aromatic heterocycles. The van der Waals surface area contributed by atoms with Crippen molar-refractivity contribution in [2.75, 3.05) is 32.6 Å². The van der Waals surface area contributed by atoms with Crippen LogP contribution in [0.3, 0.4) is 0 Å². The predicted molar refractivity (Wildman–Crippen MR) is 80.2 cm³/mol. The van der Waals surface area contributed by atoms with Crippen LogP contribution in [0.2, 0.25) is 5.28 Å². The molecule has 1 aliphatic carbocycles. The first-order chi connectivity index (χ1) is 9.52. The summed E-state index contributed by atoms with van der Waals surface area (Å²) in [7, 11) is 6.34. The number of rotatable bonds is 4. The number of hydrogen-bond acceptors (Lipinski definition) is 5. The number of anilines is 1. The molecule has 1 N–H and O–H groups in total. The highest BCUT2D eigenvalue weighted by Gasteiger charge is 2.40. The molecule has 0 saturated heterocycles. The Morgan fingerprint density at radius 1 is 1.30 bits per heavy atom. The first-order valence-electron chi connectivity index (χ1n) is 6.77. The highest BCUT2D eigenvalue weighted by molar-refractivity contribution is 6.28. The second kappa shape index (κ2) is 4.86. The van der Waals surface area contributed by atoms with Crippen LogP contribution in [0, 0.1) is 0 Å². The molecule has 1 fully saturated rings. The fourth-order valence-corrected chi connectivity index (χ4v) is 3.10. The fraction of sp³-hybridized carbons (Fsp3) is 0.615. The average Bonchev–Trinajstić information content (AvgIpc) is 2.79. The van der Waals surface area contributed by atoms with Gasteiger partial charge in [-0.1, -0.05) is 0 Å². The number of fused-ring (bicyclic) bond motifs is 1. The molecule has 2 aromatic rings. The quantitative estimate of drug-likeness (QED) is 0.873. The highest BCUT2D eigenvalue weighted by atomic mass is 35.5. The topological polar surface area (TPSA) is 60.9 Å². The summed E-state index contributed by atoms with van der Waals surface area (Å²) in [5, 5.41) is 8.03. The van der Waals surface area contributed by atoms with Crippen molar-refractivity contribution in [1.29, 1.82) is 0 Å².